The van der Waals surface area contributed by atoms with Crippen molar-refractivity contribution >= 4 is 28.2 Å². The molecule has 0 unspecified atom stereocenters. The summed E-state index contributed by atoms with van der Waals surface area (Å²) in [6.07, 6.45) is 2.74. The first-order chi connectivity index (χ1) is 16.5. The van der Waals surface area contributed by atoms with Crippen molar-refractivity contribution in [1.29, 1.82) is 0 Å². The number of hydrogen-bond acceptors (Lipinski definition) is 5. The van der Waals surface area contributed by atoms with E-state index in [1.807, 2.05) is 61.7 Å². The molecule has 0 spiro atoms. The van der Waals surface area contributed by atoms with Gasteiger partial charge in [0, 0.05) is 41.5 Å². The van der Waals surface area contributed by atoms with Crippen LogP contribution in [-0.2, 0) is 6.42 Å². The number of carbonyl (C=O) groups is 1. The molecule has 176 valence electrons. The van der Waals surface area contributed by atoms with Crippen LogP contribution in [0.5, 0.6) is 17.2 Å². The van der Waals surface area contributed by atoms with E-state index >= 15 is 0 Å². The molecule has 7 heteroatoms. The molecule has 0 fully saturated rings. The van der Waals surface area contributed by atoms with E-state index in [-0.39, 0.29) is 5.91 Å². The Labute approximate surface area is 199 Å². The zero-order valence-electron chi connectivity index (χ0n) is 19.8. The lowest BCUT2D eigenvalue weighted by molar-refractivity contribution is 0.0954. The largest absolute Gasteiger partial charge is 0.493 e. The lowest BCUT2D eigenvalue weighted by Gasteiger charge is -2.17. The van der Waals surface area contributed by atoms with Gasteiger partial charge in [0.05, 0.1) is 32.6 Å². The van der Waals surface area contributed by atoms with Crippen molar-refractivity contribution in [3.05, 3.63) is 77.5 Å². The number of rotatable bonds is 9. The average molecular weight is 460 g/mol. The molecule has 0 radical (unpaired) electrons. The number of hydrogen-bond donors (Lipinski definition) is 3. The van der Waals surface area contributed by atoms with Crippen LogP contribution in [0.3, 0.4) is 0 Å². The molecule has 4 rings (SSSR count). The highest BCUT2D eigenvalue weighted by molar-refractivity contribution is 6.01. The predicted molar refractivity (Wildman–Crippen MR) is 135 cm³/mol. The Kier molecular flexibility index (Phi) is 6.92. The summed E-state index contributed by atoms with van der Waals surface area (Å²) in [5.74, 6) is 1.44. The van der Waals surface area contributed by atoms with Crippen molar-refractivity contribution in [1.82, 2.24) is 10.3 Å². The van der Waals surface area contributed by atoms with E-state index in [2.05, 4.69) is 21.7 Å². The maximum atomic E-state index is 13.2. The minimum absolute atomic E-state index is 0.132. The van der Waals surface area contributed by atoms with Gasteiger partial charge in [-0.3, -0.25) is 4.79 Å². The van der Waals surface area contributed by atoms with Crippen molar-refractivity contribution in [2.24, 2.45) is 0 Å². The Morgan fingerprint density at radius 1 is 0.941 bits per heavy atom. The van der Waals surface area contributed by atoms with Crippen LogP contribution >= 0.6 is 0 Å². The van der Waals surface area contributed by atoms with Crippen LogP contribution in [0.2, 0.25) is 0 Å². The smallest absolute Gasteiger partial charge is 0.253 e. The summed E-state index contributed by atoms with van der Waals surface area (Å²) in [6.45, 7) is 2.45. The first-order valence-corrected chi connectivity index (χ1v) is 11.1. The minimum atomic E-state index is -0.132. The van der Waals surface area contributed by atoms with Crippen LogP contribution in [0.25, 0.3) is 10.9 Å². The van der Waals surface area contributed by atoms with Gasteiger partial charge in [0.1, 0.15) is 0 Å². The molecule has 34 heavy (non-hydrogen) atoms. The van der Waals surface area contributed by atoms with E-state index in [4.69, 9.17) is 14.2 Å². The Morgan fingerprint density at radius 2 is 1.68 bits per heavy atom. The van der Waals surface area contributed by atoms with Crippen molar-refractivity contribution in [2.75, 3.05) is 33.2 Å². The molecule has 0 atom stereocenters. The number of fused-ring (bicyclic) bond motifs is 1. The number of anilines is 2. The third-order valence-electron chi connectivity index (χ3n) is 5.80. The molecule has 1 amide bonds. The van der Waals surface area contributed by atoms with Gasteiger partial charge in [0.15, 0.2) is 11.5 Å². The first kappa shape index (κ1) is 23.0. The maximum absolute atomic E-state index is 13.2. The fraction of sp³-hybridized carbons (Fsp3) is 0.222. The lowest BCUT2D eigenvalue weighted by Crippen LogP contribution is -2.27. The monoisotopic (exact) mass is 459 g/mol. The Hall–Kier alpha value is -4.13. The second-order valence-electron chi connectivity index (χ2n) is 7.90. The highest BCUT2D eigenvalue weighted by atomic mass is 16.5. The molecule has 3 aromatic carbocycles. The van der Waals surface area contributed by atoms with Gasteiger partial charge < -0.3 is 29.8 Å². The number of methoxy groups -OCH3 is 3. The molecule has 1 aromatic heterocycles. The lowest BCUT2D eigenvalue weighted by atomic mass is 10.0. The number of nitrogens with one attached hydrogen (secondary N) is 3. The predicted octanol–water partition coefficient (Wildman–Crippen LogP) is 5.22. The standard InChI is InChI=1S/C27H29N3O4/c1-17-8-7-11-22(30-19-14-23(32-2)26(34-4)24(15-19)33-3)25(17)27(31)28-13-12-18-16-29-21-10-6-5-9-20(18)21/h5-11,14-16,29-30H,12-13H2,1-4H3,(H,28,31). The molecular weight excluding hydrogens is 430 g/mol. The first-order valence-electron chi connectivity index (χ1n) is 11.1. The Balaban J connectivity index is 1.53. The van der Waals surface area contributed by atoms with Crippen LogP contribution in [0.4, 0.5) is 11.4 Å². The van der Waals surface area contributed by atoms with Gasteiger partial charge in [-0.15, -0.1) is 0 Å². The van der Waals surface area contributed by atoms with Gasteiger partial charge in [0.2, 0.25) is 5.75 Å². The number of benzene rings is 3. The molecule has 0 saturated carbocycles. The summed E-state index contributed by atoms with van der Waals surface area (Å²) in [7, 11) is 4.70. The van der Waals surface area contributed by atoms with Gasteiger partial charge in [0.25, 0.3) is 5.91 Å². The molecule has 0 bridgehead atoms. The van der Waals surface area contributed by atoms with Crippen LogP contribution in [0.15, 0.2) is 60.8 Å². The summed E-state index contributed by atoms with van der Waals surface area (Å²) in [6, 6.07) is 17.5. The zero-order valence-corrected chi connectivity index (χ0v) is 19.8. The van der Waals surface area contributed by atoms with Crippen LogP contribution in [0.1, 0.15) is 21.5 Å². The minimum Gasteiger partial charge on any atom is -0.493 e. The molecule has 7 nitrogen and oxygen atoms in total. The molecule has 1 heterocycles. The zero-order chi connectivity index (χ0) is 24.1. The van der Waals surface area contributed by atoms with E-state index in [0.29, 0.717) is 40.7 Å². The number of ether oxygens (including phenoxy) is 3. The summed E-state index contributed by atoms with van der Waals surface area (Å²) in [5.41, 5.74) is 5.15. The number of aromatic amines is 1. The molecule has 0 aliphatic carbocycles. The quantitative estimate of drug-likeness (QED) is 0.320. The van der Waals surface area contributed by atoms with E-state index < -0.39 is 0 Å². The van der Waals surface area contributed by atoms with Crippen LogP contribution in [-0.4, -0.2) is 38.8 Å². The molecule has 3 N–H and O–H groups in total. The van der Waals surface area contributed by atoms with Gasteiger partial charge in [-0.25, -0.2) is 0 Å². The summed E-state index contributed by atoms with van der Waals surface area (Å²) >= 11 is 0. The number of H-pyrrole nitrogens is 1. The van der Waals surface area contributed by atoms with Crippen molar-refractivity contribution in [3.8, 4) is 17.2 Å². The number of aromatic nitrogens is 1. The fourth-order valence-electron chi connectivity index (χ4n) is 4.12. The topological polar surface area (TPSA) is 84.6 Å². The van der Waals surface area contributed by atoms with Crippen molar-refractivity contribution in [3.63, 3.8) is 0 Å². The molecule has 0 saturated heterocycles. The van der Waals surface area contributed by atoms with E-state index in [1.54, 1.807) is 21.3 Å². The molecular formula is C27H29N3O4. The second-order valence-corrected chi connectivity index (χ2v) is 7.90. The number of aryl methyl sites for hydroxylation is 1. The second kappa shape index (κ2) is 10.2. The average Bonchev–Trinajstić information content (AvgIpc) is 3.26. The molecule has 0 aliphatic heterocycles. The van der Waals surface area contributed by atoms with Gasteiger partial charge in [-0.05, 0) is 36.6 Å². The maximum Gasteiger partial charge on any atom is 0.253 e. The SMILES string of the molecule is COc1cc(Nc2cccc(C)c2C(=O)NCCc2c[nH]c3ccccc23)cc(OC)c1OC. The van der Waals surface area contributed by atoms with E-state index in [9.17, 15) is 4.79 Å². The Bertz CT molecular complexity index is 1290. The van der Waals surface area contributed by atoms with E-state index in [0.717, 1.165) is 17.5 Å². The van der Waals surface area contributed by atoms with Crippen molar-refractivity contribution < 1.29 is 19.0 Å². The summed E-state index contributed by atoms with van der Waals surface area (Å²) < 4.78 is 16.3. The van der Waals surface area contributed by atoms with Crippen molar-refractivity contribution in [2.45, 2.75) is 13.3 Å². The van der Waals surface area contributed by atoms with Gasteiger partial charge in [-0.2, -0.15) is 0 Å². The molecule has 4 aromatic rings. The number of para-hydroxylation sites is 1. The molecule has 0 aliphatic rings. The van der Waals surface area contributed by atoms with Gasteiger partial charge >= 0.3 is 0 Å². The highest BCUT2D eigenvalue weighted by Gasteiger charge is 2.17. The van der Waals surface area contributed by atoms with E-state index in [1.165, 1.54) is 10.9 Å². The third-order valence-corrected chi connectivity index (χ3v) is 5.80. The summed E-state index contributed by atoms with van der Waals surface area (Å²) in [4.78, 5) is 16.5. The van der Waals surface area contributed by atoms with Crippen LogP contribution in [0, 0.1) is 6.92 Å². The van der Waals surface area contributed by atoms with Gasteiger partial charge in [-0.1, -0.05) is 30.3 Å². The fourth-order valence-corrected chi connectivity index (χ4v) is 4.12. The summed E-state index contributed by atoms with van der Waals surface area (Å²) in [5, 5.41) is 7.59. The number of amides is 1. The third kappa shape index (κ3) is 4.64. The highest BCUT2D eigenvalue weighted by Crippen LogP contribution is 2.41. The number of carbonyl (C=O) groups excluding carboxylic acids is 1. The Morgan fingerprint density at radius 3 is 2.38 bits per heavy atom. The normalized spacial score (nSPS) is 10.7. The van der Waals surface area contributed by atoms with Crippen LogP contribution < -0.4 is 24.8 Å².